The number of nitrogens with one attached hydrogen (secondary N) is 1. The van der Waals surface area contributed by atoms with Crippen LogP contribution < -0.4 is 10.1 Å². The van der Waals surface area contributed by atoms with Crippen LogP contribution in [0.5, 0.6) is 11.8 Å². The van der Waals surface area contributed by atoms with Crippen molar-refractivity contribution in [3.8, 4) is 11.8 Å². The van der Waals surface area contributed by atoms with E-state index in [9.17, 15) is 4.39 Å². The Kier molecular flexibility index (Phi) is 4.60. The number of aryl methyl sites for hydroxylation is 1. The van der Waals surface area contributed by atoms with Crippen molar-refractivity contribution in [3.63, 3.8) is 0 Å². The molecule has 1 N–H and O–H groups in total. The fourth-order valence-electron chi connectivity index (χ4n) is 2.66. The Balaban J connectivity index is 1.71. The molecule has 0 aliphatic heterocycles. The van der Waals surface area contributed by atoms with Gasteiger partial charge in [0.05, 0.1) is 16.9 Å². The van der Waals surface area contributed by atoms with Gasteiger partial charge in [0.1, 0.15) is 5.52 Å². The number of ether oxygens (including phenoxy) is 1. The highest BCUT2D eigenvalue weighted by molar-refractivity contribution is 6.33. The van der Waals surface area contributed by atoms with Crippen molar-refractivity contribution < 1.29 is 9.13 Å². The molecule has 0 bridgehead atoms. The zero-order chi connectivity index (χ0) is 18.8. The summed E-state index contributed by atoms with van der Waals surface area (Å²) in [6, 6.07) is 13.5. The second-order valence-corrected chi connectivity index (χ2v) is 6.09. The van der Waals surface area contributed by atoms with Crippen LogP contribution in [-0.2, 0) is 6.54 Å². The van der Waals surface area contributed by atoms with Gasteiger partial charge in [-0.15, -0.1) is 0 Å². The van der Waals surface area contributed by atoms with E-state index in [2.05, 4.69) is 20.3 Å². The Hall–Kier alpha value is -3.19. The first kappa shape index (κ1) is 17.2. The highest BCUT2D eigenvalue weighted by atomic mass is 35.5. The van der Waals surface area contributed by atoms with Crippen LogP contribution >= 0.6 is 11.6 Å². The molecule has 2 aromatic carbocycles. The lowest BCUT2D eigenvalue weighted by molar-refractivity contribution is 0.412. The van der Waals surface area contributed by atoms with Gasteiger partial charge in [-0.3, -0.25) is 4.57 Å². The molecule has 0 saturated heterocycles. The summed E-state index contributed by atoms with van der Waals surface area (Å²) in [5, 5.41) is 3.80. The van der Waals surface area contributed by atoms with Crippen LogP contribution in [0.3, 0.4) is 0 Å². The molecule has 136 valence electrons. The number of hydrogen-bond acceptors (Lipinski definition) is 5. The van der Waals surface area contributed by atoms with Gasteiger partial charge in [-0.2, -0.15) is 4.98 Å². The predicted molar refractivity (Wildman–Crippen MR) is 102 cm³/mol. The average molecular weight is 384 g/mol. The lowest BCUT2D eigenvalue weighted by atomic mass is 10.3. The zero-order valence-electron chi connectivity index (χ0n) is 14.4. The molecule has 0 amide bonds. The second-order valence-electron chi connectivity index (χ2n) is 5.68. The van der Waals surface area contributed by atoms with Gasteiger partial charge < -0.3 is 10.1 Å². The summed E-state index contributed by atoms with van der Waals surface area (Å²) in [6.45, 7) is 2.58. The van der Waals surface area contributed by atoms with Crippen LogP contribution in [0.1, 0.15) is 6.92 Å². The summed E-state index contributed by atoms with van der Waals surface area (Å²) < 4.78 is 21.2. The number of imidazole rings is 1. The average Bonchev–Trinajstić information content (AvgIpc) is 3.02. The van der Waals surface area contributed by atoms with Crippen molar-refractivity contribution in [2.75, 3.05) is 5.32 Å². The van der Waals surface area contributed by atoms with Gasteiger partial charge in [-0.1, -0.05) is 35.9 Å². The Morgan fingerprint density at radius 2 is 1.89 bits per heavy atom. The maximum atomic E-state index is 13.8. The summed E-state index contributed by atoms with van der Waals surface area (Å²) in [7, 11) is 0. The molecule has 0 unspecified atom stereocenters. The number of anilines is 2. The predicted octanol–water partition coefficient (Wildman–Crippen LogP) is 5.17. The number of hydrogen-bond donors (Lipinski definition) is 1. The maximum Gasteiger partial charge on any atom is 0.324 e. The smallest absolute Gasteiger partial charge is 0.324 e. The fraction of sp³-hybridized carbons (Fsp3) is 0.105. The molecule has 0 saturated carbocycles. The summed E-state index contributed by atoms with van der Waals surface area (Å²) in [4.78, 5) is 13.0. The normalized spacial score (nSPS) is 10.9. The largest absolute Gasteiger partial charge is 0.421 e. The molecule has 2 aromatic heterocycles. The molecule has 0 radical (unpaired) electrons. The van der Waals surface area contributed by atoms with Gasteiger partial charge in [0.2, 0.25) is 5.95 Å². The molecule has 0 aliphatic carbocycles. The Morgan fingerprint density at radius 3 is 2.67 bits per heavy atom. The van der Waals surface area contributed by atoms with E-state index in [1.165, 1.54) is 12.1 Å². The number of fused-ring (bicyclic) bond motifs is 1. The van der Waals surface area contributed by atoms with E-state index in [0.29, 0.717) is 28.7 Å². The van der Waals surface area contributed by atoms with Gasteiger partial charge in [-0.05, 0) is 31.2 Å². The molecular formula is C19H15ClFN5O. The van der Waals surface area contributed by atoms with Crippen LogP contribution in [0, 0.1) is 5.82 Å². The van der Waals surface area contributed by atoms with Crippen LogP contribution in [0.15, 0.2) is 54.7 Å². The van der Waals surface area contributed by atoms with Crippen LogP contribution in [0.25, 0.3) is 11.2 Å². The molecule has 0 aliphatic rings. The minimum absolute atomic E-state index is 0.0477. The molecule has 4 aromatic rings. The number of rotatable bonds is 5. The highest BCUT2D eigenvalue weighted by Gasteiger charge is 2.15. The first-order valence-corrected chi connectivity index (χ1v) is 8.70. The van der Waals surface area contributed by atoms with Crippen LogP contribution in [0.2, 0.25) is 5.02 Å². The second kappa shape index (κ2) is 7.20. The van der Waals surface area contributed by atoms with Crippen molar-refractivity contribution in [1.29, 1.82) is 0 Å². The fourth-order valence-corrected chi connectivity index (χ4v) is 2.84. The van der Waals surface area contributed by atoms with E-state index in [1.807, 2.05) is 29.7 Å². The van der Waals surface area contributed by atoms with Crippen molar-refractivity contribution >= 4 is 34.4 Å². The topological polar surface area (TPSA) is 64.9 Å². The SMILES string of the molecule is CCn1c(Nc2ccccc2Cl)nc2cnc(Oc3ccccc3F)nc21. The van der Waals surface area contributed by atoms with E-state index < -0.39 is 5.82 Å². The first-order valence-electron chi connectivity index (χ1n) is 8.33. The van der Waals surface area contributed by atoms with Gasteiger partial charge in [0.15, 0.2) is 17.2 Å². The lowest BCUT2D eigenvalue weighted by Gasteiger charge is -2.09. The number of benzene rings is 2. The van der Waals surface area contributed by atoms with E-state index in [4.69, 9.17) is 16.3 Å². The Morgan fingerprint density at radius 1 is 1.11 bits per heavy atom. The number of halogens is 2. The minimum Gasteiger partial charge on any atom is -0.421 e. The van der Waals surface area contributed by atoms with E-state index in [0.717, 1.165) is 5.69 Å². The van der Waals surface area contributed by atoms with Gasteiger partial charge >= 0.3 is 6.01 Å². The molecule has 27 heavy (non-hydrogen) atoms. The molecular weight excluding hydrogens is 369 g/mol. The maximum absolute atomic E-state index is 13.8. The van der Waals surface area contributed by atoms with Crippen molar-refractivity contribution in [2.24, 2.45) is 0 Å². The van der Waals surface area contributed by atoms with Crippen molar-refractivity contribution in [1.82, 2.24) is 19.5 Å². The van der Waals surface area contributed by atoms with E-state index in [1.54, 1.807) is 24.4 Å². The third-order valence-corrected chi connectivity index (χ3v) is 4.27. The summed E-state index contributed by atoms with van der Waals surface area (Å²) in [5.74, 6) is 0.165. The monoisotopic (exact) mass is 383 g/mol. The number of nitrogens with zero attached hydrogens (tertiary/aromatic N) is 4. The van der Waals surface area contributed by atoms with Gasteiger partial charge in [0.25, 0.3) is 0 Å². The molecule has 4 rings (SSSR count). The Labute approximate surface area is 159 Å². The van der Waals surface area contributed by atoms with Gasteiger partial charge in [0, 0.05) is 6.54 Å². The first-order chi connectivity index (χ1) is 13.2. The molecule has 0 fully saturated rings. The number of aromatic nitrogens is 4. The lowest BCUT2D eigenvalue weighted by Crippen LogP contribution is -2.03. The molecule has 8 heteroatoms. The third kappa shape index (κ3) is 3.41. The van der Waals surface area contributed by atoms with Gasteiger partial charge in [-0.25, -0.2) is 14.4 Å². The molecule has 2 heterocycles. The minimum atomic E-state index is -0.480. The number of para-hydroxylation sites is 2. The third-order valence-electron chi connectivity index (χ3n) is 3.94. The molecule has 0 atom stereocenters. The molecule has 6 nitrogen and oxygen atoms in total. The standard InChI is InChI=1S/C19H15ClFN5O/c1-2-26-17-15(24-18(26)23-14-9-5-3-7-12(14)20)11-22-19(25-17)27-16-10-6-4-8-13(16)21/h3-11H,2H2,1H3,(H,23,24). The quantitative estimate of drug-likeness (QED) is 0.514. The molecule has 0 spiro atoms. The van der Waals surface area contributed by atoms with E-state index >= 15 is 0 Å². The van der Waals surface area contributed by atoms with Crippen LogP contribution in [0.4, 0.5) is 16.0 Å². The summed E-state index contributed by atoms with van der Waals surface area (Å²) in [5.41, 5.74) is 1.90. The summed E-state index contributed by atoms with van der Waals surface area (Å²) >= 11 is 6.22. The Bertz CT molecular complexity index is 1110. The van der Waals surface area contributed by atoms with Crippen molar-refractivity contribution in [2.45, 2.75) is 13.5 Å². The summed E-state index contributed by atoms with van der Waals surface area (Å²) in [6.07, 6.45) is 1.54. The highest BCUT2D eigenvalue weighted by Crippen LogP contribution is 2.28. The van der Waals surface area contributed by atoms with Crippen molar-refractivity contribution in [3.05, 3.63) is 65.6 Å². The van der Waals surface area contributed by atoms with E-state index in [-0.39, 0.29) is 11.8 Å². The zero-order valence-corrected chi connectivity index (χ0v) is 15.1. The van der Waals surface area contributed by atoms with Crippen LogP contribution in [-0.4, -0.2) is 19.5 Å².